The Bertz CT molecular complexity index is 1170. The Morgan fingerprint density at radius 1 is 1.15 bits per heavy atom. The van der Waals surface area contributed by atoms with Crippen LogP contribution in [0.2, 0.25) is 5.02 Å². The number of nitrogens with zero attached hydrogens (tertiary/aromatic N) is 2. The number of amides is 2. The lowest BCUT2D eigenvalue weighted by Crippen LogP contribution is -2.54. The second kappa shape index (κ2) is 10.7. The van der Waals surface area contributed by atoms with Gasteiger partial charge in [0.15, 0.2) is 0 Å². The normalized spacial score (nSPS) is 12.7. The molecule has 0 aliphatic carbocycles. The van der Waals surface area contributed by atoms with E-state index in [0.29, 0.717) is 10.6 Å². The van der Waals surface area contributed by atoms with Crippen LogP contribution in [-0.2, 0) is 26.2 Å². The van der Waals surface area contributed by atoms with Crippen LogP contribution in [0.1, 0.15) is 38.8 Å². The predicted octanol–water partition coefficient (Wildman–Crippen LogP) is 3.89. The lowest BCUT2D eigenvalue weighted by molar-refractivity contribution is -0.140. The zero-order valence-corrected chi connectivity index (χ0v) is 21.8. The Morgan fingerprint density at radius 2 is 1.76 bits per heavy atom. The molecule has 0 saturated heterocycles. The van der Waals surface area contributed by atoms with Gasteiger partial charge in [-0.15, -0.1) is 0 Å². The van der Waals surface area contributed by atoms with Gasteiger partial charge >= 0.3 is 0 Å². The molecule has 2 aromatic rings. The van der Waals surface area contributed by atoms with Crippen LogP contribution >= 0.6 is 11.6 Å². The number of hydrogen-bond acceptors (Lipinski definition) is 4. The third-order valence-corrected chi connectivity index (χ3v) is 6.44. The lowest BCUT2D eigenvalue weighted by atomic mass is 10.1. The van der Waals surface area contributed by atoms with Crippen molar-refractivity contribution in [1.82, 2.24) is 10.2 Å². The molecular formula is C24H31ClFN3O4S. The van der Waals surface area contributed by atoms with E-state index in [1.165, 1.54) is 36.1 Å². The quantitative estimate of drug-likeness (QED) is 0.582. The Morgan fingerprint density at radius 3 is 2.32 bits per heavy atom. The van der Waals surface area contributed by atoms with Gasteiger partial charge in [-0.3, -0.25) is 13.9 Å². The molecular weight excluding hydrogens is 481 g/mol. The van der Waals surface area contributed by atoms with Gasteiger partial charge in [-0.1, -0.05) is 35.9 Å². The van der Waals surface area contributed by atoms with Crippen molar-refractivity contribution < 1.29 is 22.4 Å². The highest BCUT2D eigenvalue weighted by molar-refractivity contribution is 7.92. The van der Waals surface area contributed by atoms with Gasteiger partial charge in [0.25, 0.3) is 0 Å². The van der Waals surface area contributed by atoms with Gasteiger partial charge in [0, 0.05) is 22.7 Å². The summed E-state index contributed by atoms with van der Waals surface area (Å²) in [6.45, 7) is 7.83. The van der Waals surface area contributed by atoms with Crippen LogP contribution in [0.5, 0.6) is 0 Å². The molecule has 1 N–H and O–H groups in total. The highest BCUT2D eigenvalue weighted by atomic mass is 35.5. The summed E-state index contributed by atoms with van der Waals surface area (Å²) in [6, 6.07) is 9.65. The number of benzene rings is 2. The standard InChI is InChI=1S/C24H31ClFN3O4S/c1-16-11-12-19(25)13-21(16)29(34(6,32)33)15-22(30)28(14-18-9-7-8-10-20(18)26)17(2)23(31)27-24(3,4)5/h7-13,17H,14-15H2,1-6H3,(H,27,31). The first-order chi connectivity index (χ1) is 15.6. The predicted molar refractivity (Wildman–Crippen MR) is 133 cm³/mol. The van der Waals surface area contributed by atoms with E-state index >= 15 is 0 Å². The number of rotatable bonds is 8. The van der Waals surface area contributed by atoms with E-state index < -0.39 is 45.8 Å². The molecule has 0 bridgehead atoms. The van der Waals surface area contributed by atoms with Crippen LogP contribution in [-0.4, -0.2) is 49.5 Å². The maximum atomic E-state index is 14.4. The van der Waals surface area contributed by atoms with Crippen LogP contribution in [0.3, 0.4) is 0 Å². The second-order valence-corrected chi connectivity index (χ2v) is 11.6. The molecule has 0 aliphatic rings. The van der Waals surface area contributed by atoms with Crippen LogP contribution in [0.4, 0.5) is 10.1 Å². The molecule has 7 nitrogen and oxygen atoms in total. The van der Waals surface area contributed by atoms with E-state index in [-0.39, 0.29) is 17.8 Å². The highest BCUT2D eigenvalue weighted by Crippen LogP contribution is 2.27. The number of nitrogens with one attached hydrogen (secondary N) is 1. The van der Waals surface area contributed by atoms with Gasteiger partial charge in [-0.25, -0.2) is 12.8 Å². The van der Waals surface area contributed by atoms with Gasteiger partial charge in [0.2, 0.25) is 21.8 Å². The van der Waals surface area contributed by atoms with Crippen molar-refractivity contribution in [1.29, 1.82) is 0 Å². The summed E-state index contributed by atoms with van der Waals surface area (Å²) < 4.78 is 40.6. The Kier molecular flexibility index (Phi) is 8.71. The van der Waals surface area contributed by atoms with E-state index in [9.17, 15) is 22.4 Å². The highest BCUT2D eigenvalue weighted by Gasteiger charge is 2.32. The average molecular weight is 512 g/mol. The van der Waals surface area contributed by atoms with E-state index in [1.54, 1.807) is 45.9 Å². The van der Waals surface area contributed by atoms with E-state index in [4.69, 9.17) is 11.6 Å². The molecule has 2 amide bonds. The molecule has 0 fully saturated rings. The SMILES string of the molecule is Cc1ccc(Cl)cc1N(CC(=O)N(Cc1ccccc1F)C(C)C(=O)NC(C)(C)C)S(C)(=O)=O. The van der Waals surface area contributed by atoms with Crippen LogP contribution in [0.25, 0.3) is 0 Å². The third-order valence-electron chi connectivity index (χ3n) is 5.08. The van der Waals surface area contributed by atoms with E-state index in [0.717, 1.165) is 10.6 Å². The Labute approximate surface area is 205 Å². The topological polar surface area (TPSA) is 86.8 Å². The van der Waals surface area contributed by atoms with Crippen molar-refractivity contribution in [3.05, 3.63) is 64.4 Å². The minimum absolute atomic E-state index is 0.205. The second-order valence-electron chi connectivity index (χ2n) is 9.23. The minimum Gasteiger partial charge on any atom is -0.350 e. The molecule has 34 heavy (non-hydrogen) atoms. The molecule has 0 spiro atoms. The fourth-order valence-corrected chi connectivity index (χ4v) is 4.38. The van der Waals surface area contributed by atoms with Gasteiger partial charge in [0.1, 0.15) is 18.4 Å². The fraction of sp³-hybridized carbons (Fsp3) is 0.417. The smallest absolute Gasteiger partial charge is 0.244 e. The largest absolute Gasteiger partial charge is 0.350 e. The molecule has 0 aliphatic heterocycles. The lowest BCUT2D eigenvalue weighted by Gasteiger charge is -2.33. The van der Waals surface area contributed by atoms with Crippen molar-refractivity contribution in [2.24, 2.45) is 0 Å². The number of aryl methyl sites for hydroxylation is 1. The number of halogens is 2. The van der Waals surface area contributed by atoms with Gasteiger partial charge < -0.3 is 10.2 Å². The van der Waals surface area contributed by atoms with E-state index in [1.807, 2.05) is 0 Å². The van der Waals surface area contributed by atoms with Crippen molar-refractivity contribution in [3.63, 3.8) is 0 Å². The Hall–Kier alpha value is -2.65. The summed E-state index contributed by atoms with van der Waals surface area (Å²) in [7, 11) is -3.89. The number of hydrogen-bond donors (Lipinski definition) is 1. The monoisotopic (exact) mass is 511 g/mol. The fourth-order valence-electron chi connectivity index (χ4n) is 3.31. The zero-order valence-electron chi connectivity index (χ0n) is 20.2. The van der Waals surface area contributed by atoms with Crippen LogP contribution in [0, 0.1) is 12.7 Å². The number of sulfonamides is 1. The summed E-state index contributed by atoms with van der Waals surface area (Å²) in [4.78, 5) is 27.5. The first-order valence-electron chi connectivity index (χ1n) is 10.7. The maximum absolute atomic E-state index is 14.4. The molecule has 1 unspecified atom stereocenters. The maximum Gasteiger partial charge on any atom is 0.244 e. The first-order valence-corrected chi connectivity index (χ1v) is 12.9. The van der Waals surface area contributed by atoms with Gasteiger partial charge in [-0.05, 0) is 58.4 Å². The van der Waals surface area contributed by atoms with Gasteiger partial charge in [0.05, 0.1) is 11.9 Å². The third kappa shape index (κ3) is 7.43. The van der Waals surface area contributed by atoms with E-state index in [2.05, 4.69) is 5.32 Å². The number of carbonyl (C=O) groups is 2. The molecule has 186 valence electrons. The summed E-state index contributed by atoms with van der Waals surface area (Å²) in [5.41, 5.74) is 0.494. The van der Waals surface area contributed by atoms with Crippen molar-refractivity contribution in [2.75, 3.05) is 17.1 Å². The summed E-state index contributed by atoms with van der Waals surface area (Å²) >= 11 is 6.08. The van der Waals surface area contributed by atoms with Crippen molar-refractivity contribution in [3.8, 4) is 0 Å². The molecule has 0 radical (unpaired) electrons. The molecule has 2 aromatic carbocycles. The van der Waals surface area contributed by atoms with Gasteiger partial charge in [-0.2, -0.15) is 0 Å². The average Bonchev–Trinajstić information content (AvgIpc) is 2.70. The van der Waals surface area contributed by atoms with Crippen molar-refractivity contribution >= 4 is 39.1 Å². The summed E-state index contributed by atoms with van der Waals surface area (Å²) in [5, 5.41) is 3.12. The molecule has 0 heterocycles. The molecule has 10 heteroatoms. The number of carbonyl (C=O) groups excluding carboxylic acids is 2. The summed E-state index contributed by atoms with van der Waals surface area (Å²) in [6.07, 6.45) is 0.984. The molecule has 0 aromatic heterocycles. The number of anilines is 1. The minimum atomic E-state index is -3.89. The zero-order chi connectivity index (χ0) is 25.8. The van der Waals surface area contributed by atoms with Crippen molar-refractivity contribution in [2.45, 2.75) is 52.7 Å². The molecule has 2 rings (SSSR count). The molecule has 1 atom stereocenters. The van der Waals surface area contributed by atoms with Crippen LogP contribution < -0.4 is 9.62 Å². The van der Waals surface area contributed by atoms with Crippen LogP contribution in [0.15, 0.2) is 42.5 Å². The molecule has 0 saturated carbocycles. The Balaban J connectivity index is 2.47. The first kappa shape index (κ1) is 27.6. The summed E-state index contributed by atoms with van der Waals surface area (Å²) in [5.74, 6) is -1.64.